The molecule has 156 valence electrons. The van der Waals surface area contributed by atoms with Crippen molar-refractivity contribution >= 4 is 52.1 Å². The molecule has 0 bridgehead atoms. The SMILES string of the molecule is O=C1NC(N2CCN(c3ccccc3)CC2)NC2C(c3ccc(Cl)c(Cl)c3)=CSC12. The summed E-state index contributed by atoms with van der Waals surface area (Å²) in [6.07, 6.45) is -0.179. The number of benzene rings is 2. The Labute approximate surface area is 190 Å². The highest BCUT2D eigenvalue weighted by Crippen LogP contribution is 2.40. The maximum Gasteiger partial charge on any atom is 0.237 e. The molecule has 1 amide bonds. The zero-order valence-electron chi connectivity index (χ0n) is 16.2. The number of carbonyl (C=O) groups excluding carboxylic acids is 1. The van der Waals surface area contributed by atoms with Crippen LogP contribution in [0.25, 0.3) is 5.57 Å². The maximum atomic E-state index is 12.8. The van der Waals surface area contributed by atoms with Crippen LogP contribution in [0.4, 0.5) is 5.69 Å². The van der Waals surface area contributed by atoms with Gasteiger partial charge in [0.2, 0.25) is 5.91 Å². The lowest BCUT2D eigenvalue weighted by molar-refractivity contribution is -0.125. The van der Waals surface area contributed by atoms with Gasteiger partial charge in [-0.3, -0.25) is 15.0 Å². The second-order valence-electron chi connectivity index (χ2n) is 7.67. The fourth-order valence-corrected chi connectivity index (χ4v) is 5.73. The zero-order valence-corrected chi connectivity index (χ0v) is 18.6. The summed E-state index contributed by atoms with van der Waals surface area (Å²) in [6.45, 7) is 3.61. The van der Waals surface area contributed by atoms with Crippen LogP contribution in [-0.4, -0.2) is 54.6 Å². The van der Waals surface area contributed by atoms with Crippen LogP contribution in [-0.2, 0) is 4.79 Å². The van der Waals surface area contributed by atoms with E-state index in [1.807, 2.05) is 18.2 Å². The Morgan fingerprint density at radius 2 is 1.73 bits per heavy atom. The maximum absolute atomic E-state index is 12.8. The van der Waals surface area contributed by atoms with E-state index in [0.717, 1.165) is 37.3 Å². The van der Waals surface area contributed by atoms with Gasteiger partial charge in [0.25, 0.3) is 0 Å². The second kappa shape index (κ2) is 8.44. The number of hydrogen-bond donors (Lipinski definition) is 2. The monoisotopic (exact) mass is 460 g/mol. The average Bonchev–Trinajstić information content (AvgIpc) is 3.21. The van der Waals surface area contributed by atoms with Crippen molar-refractivity contribution in [3.8, 4) is 0 Å². The van der Waals surface area contributed by atoms with Crippen LogP contribution in [0.1, 0.15) is 5.56 Å². The van der Waals surface area contributed by atoms with E-state index >= 15 is 0 Å². The van der Waals surface area contributed by atoms with Gasteiger partial charge in [-0.25, -0.2) is 0 Å². The highest BCUT2D eigenvalue weighted by molar-refractivity contribution is 8.04. The van der Waals surface area contributed by atoms with Gasteiger partial charge in [-0.1, -0.05) is 47.5 Å². The normalized spacial score (nSPS) is 26.9. The third kappa shape index (κ3) is 3.83. The summed E-state index contributed by atoms with van der Waals surface area (Å²) in [7, 11) is 0. The number of hydrogen-bond acceptors (Lipinski definition) is 5. The lowest BCUT2D eigenvalue weighted by atomic mass is 9.96. The number of nitrogens with one attached hydrogen (secondary N) is 2. The molecule has 0 aliphatic carbocycles. The van der Waals surface area contributed by atoms with Gasteiger partial charge < -0.3 is 10.2 Å². The molecule has 2 fully saturated rings. The van der Waals surface area contributed by atoms with Gasteiger partial charge in [-0.2, -0.15) is 0 Å². The summed E-state index contributed by atoms with van der Waals surface area (Å²) in [6, 6.07) is 16.1. The van der Waals surface area contributed by atoms with Crippen molar-refractivity contribution in [2.75, 3.05) is 31.1 Å². The Balaban J connectivity index is 1.29. The van der Waals surface area contributed by atoms with Crippen LogP contribution in [0.15, 0.2) is 53.9 Å². The molecule has 0 aromatic heterocycles. The highest BCUT2D eigenvalue weighted by Gasteiger charge is 2.43. The molecule has 2 saturated heterocycles. The molecule has 30 heavy (non-hydrogen) atoms. The number of amides is 1. The van der Waals surface area contributed by atoms with E-state index in [1.54, 1.807) is 17.8 Å². The molecule has 2 N–H and O–H groups in total. The molecule has 2 aromatic rings. The van der Waals surface area contributed by atoms with Gasteiger partial charge in [-0.05, 0) is 40.8 Å². The standard InChI is InChI=1S/C22H22Cl2N4OS/c23-17-7-6-14(12-18(17)24)16-13-30-20-19(16)25-22(26-21(20)29)28-10-8-27(9-11-28)15-4-2-1-3-5-15/h1-7,12-13,19-20,22,25H,8-11H2,(H,26,29). The van der Waals surface area contributed by atoms with Gasteiger partial charge in [0.1, 0.15) is 11.5 Å². The zero-order chi connectivity index (χ0) is 20.7. The summed E-state index contributed by atoms with van der Waals surface area (Å²) in [5, 5.41) is 9.78. The molecule has 5 nitrogen and oxygen atoms in total. The first-order valence-corrected chi connectivity index (χ1v) is 11.7. The van der Waals surface area contributed by atoms with Crippen LogP contribution >= 0.6 is 35.0 Å². The minimum Gasteiger partial charge on any atom is -0.369 e. The Bertz CT molecular complexity index is 978. The summed E-state index contributed by atoms with van der Waals surface area (Å²) in [5.74, 6) is 0.0746. The van der Waals surface area contributed by atoms with E-state index in [9.17, 15) is 4.79 Å². The Kier molecular flexibility index (Phi) is 5.69. The molecule has 3 unspecified atom stereocenters. The molecule has 3 heterocycles. The molecule has 5 rings (SSSR count). The lowest BCUT2D eigenvalue weighted by Crippen LogP contribution is -2.69. The molecule has 0 radical (unpaired) electrons. The molecule has 3 aliphatic rings. The number of anilines is 1. The van der Waals surface area contributed by atoms with Crippen LogP contribution in [0.3, 0.4) is 0 Å². The van der Waals surface area contributed by atoms with Crippen molar-refractivity contribution in [1.82, 2.24) is 15.5 Å². The molecular weight excluding hydrogens is 439 g/mol. The number of para-hydroxylation sites is 1. The minimum atomic E-state index is -0.179. The van der Waals surface area contributed by atoms with Gasteiger partial charge in [0.15, 0.2) is 0 Å². The summed E-state index contributed by atoms with van der Waals surface area (Å²) >= 11 is 13.9. The quantitative estimate of drug-likeness (QED) is 0.731. The van der Waals surface area contributed by atoms with Gasteiger partial charge in [-0.15, -0.1) is 11.8 Å². The topological polar surface area (TPSA) is 47.6 Å². The fraction of sp³-hybridized carbons (Fsp3) is 0.318. The molecule has 0 spiro atoms. The summed E-state index contributed by atoms with van der Waals surface area (Å²) in [5.41, 5.74) is 3.33. The van der Waals surface area contributed by atoms with Crippen molar-refractivity contribution < 1.29 is 4.79 Å². The van der Waals surface area contributed by atoms with Crippen molar-refractivity contribution in [2.45, 2.75) is 17.6 Å². The first-order chi connectivity index (χ1) is 14.6. The lowest BCUT2D eigenvalue weighted by Gasteiger charge is -2.44. The number of halogens is 2. The Morgan fingerprint density at radius 3 is 2.47 bits per heavy atom. The van der Waals surface area contributed by atoms with Crippen molar-refractivity contribution in [2.24, 2.45) is 0 Å². The number of rotatable bonds is 3. The highest BCUT2D eigenvalue weighted by atomic mass is 35.5. The van der Waals surface area contributed by atoms with Gasteiger partial charge >= 0.3 is 0 Å². The minimum absolute atomic E-state index is 0.0573. The van der Waals surface area contributed by atoms with Crippen LogP contribution in [0.5, 0.6) is 0 Å². The van der Waals surface area contributed by atoms with E-state index in [1.165, 1.54) is 5.69 Å². The molecular formula is C22H22Cl2N4OS. The van der Waals surface area contributed by atoms with Gasteiger partial charge in [0, 0.05) is 31.9 Å². The van der Waals surface area contributed by atoms with E-state index in [2.05, 4.69) is 50.1 Å². The van der Waals surface area contributed by atoms with Crippen LogP contribution < -0.4 is 15.5 Å². The number of thioether (sulfide) groups is 1. The van der Waals surface area contributed by atoms with Crippen molar-refractivity contribution in [1.29, 1.82) is 0 Å². The number of fused-ring (bicyclic) bond motifs is 1. The van der Waals surface area contributed by atoms with E-state index < -0.39 is 0 Å². The predicted octanol–water partition coefficient (Wildman–Crippen LogP) is 3.64. The number of nitrogens with zero attached hydrogens (tertiary/aromatic N) is 2. The summed E-state index contributed by atoms with van der Waals surface area (Å²) in [4.78, 5) is 17.5. The van der Waals surface area contributed by atoms with Crippen molar-refractivity contribution in [3.05, 3.63) is 69.5 Å². The largest absolute Gasteiger partial charge is 0.369 e. The van der Waals surface area contributed by atoms with Crippen LogP contribution in [0, 0.1) is 0 Å². The van der Waals surface area contributed by atoms with Crippen molar-refractivity contribution in [3.63, 3.8) is 0 Å². The Morgan fingerprint density at radius 1 is 0.967 bits per heavy atom. The molecule has 8 heteroatoms. The van der Waals surface area contributed by atoms with Gasteiger partial charge in [0.05, 0.1) is 16.1 Å². The van der Waals surface area contributed by atoms with E-state index in [0.29, 0.717) is 10.0 Å². The third-order valence-corrected chi connectivity index (χ3v) is 7.82. The average molecular weight is 461 g/mol. The third-order valence-electron chi connectivity index (χ3n) is 5.91. The molecule has 3 atom stereocenters. The Hall–Kier alpha value is -1.70. The fourth-order valence-electron chi connectivity index (χ4n) is 4.28. The summed E-state index contributed by atoms with van der Waals surface area (Å²) < 4.78 is 0. The van der Waals surface area contributed by atoms with Crippen LogP contribution in [0.2, 0.25) is 10.0 Å². The smallest absolute Gasteiger partial charge is 0.237 e. The molecule has 2 aromatic carbocycles. The van der Waals surface area contributed by atoms with E-state index in [4.69, 9.17) is 23.2 Å². The molecule has 0 saturated carbocycles. The first-order valence-electron chi connectivity index (χ1n) is 10.0. The molecule has 3 aliphatic heterocycles. The number of piperazine rings is 1. The second-order valence-corrected chi connectivity index (χ2v) is 9.50. The predicted molar refractivity (Wildman–Crippen MR) is 125 cm³/mol. The number of carbonyl (C=O) groups is 1. The first kappa shape index (κ1) is 20.2. The van der Waals surface area contributed by atoms with E-state index in [-0.39, 0.29) is 23.5 Å².